The first kappa shape index (κ1) is 18.4. The molecule has 0 aromatic heterocycles. The third-order valence-corrected chi connectivity index (χ3v) is 3.77. The van der Waals surface area contributed by atoms with Crippen LogP contribution in [-0.4, -0.2) is 73.9 Å². The van der Waals surface area contributed by atoms with Crippen LogP contribution in [0.2, 0.25) is 0 Å². The minimum Gasteiger partial charge on any atom is -0.504 e. The Bertz CT molecular complexity index is 576. The smallest absolute Gasteiger partial charge is 0.306 e. The summed E-state index contributed by atoms with van der Waals surface area (Å²) in [4.78, 5) is 11.9. The van der Waals surface area contributed by atoms with Crippen molar-refractivity contribution in [1.29, 1.82) is 0 Å². The van der Waals surface area contributed by atoms with E-state index in [0.29, 0.717) is 5.56 Å². The van der Waals surface area contributed by atoms with Gasteiger partial charge in [-0.05, 0) is 24.1 Å². The Labute approximate surface area is 137 Å². The van der Waals surface area contributed by atoms with E-state index in [2.05, 4.69) is 0 Å². The summed E-state index contributed by atoms with van der Waals surface area (Å²) in [5, 5.41) is 56.9. The van der Waals surface area contributed by atoms with Crippen molar-refractivity contribution < 1.29 is 44.9 Å². The molecule has 1 aliphatic rings. The van der Waals surface area contributed by atoms with Crippen LogP contribution in [0.25, 0.3) is 0 Å². The van der Waals surface area contributed by atoms with E-state index >= 15 is 0 Å². The summed E-state index contributed by atoms with van der Waals surface area (Å²) in [6.07, 6.45) is -7.39. The Morgan fingerprint density at radius 1 is 1.12 bits per heavy atom. The molecule has 9 nitrogen and oxygen atoms in total. The number of rotatable bonds is 5. The van der Waals surface area contributed by atoms with E-state index in [1.54, 1.807) is 0 Å². The molecule has 1 aliphatic heterocycles. The Kier molecular flexibility index (Phi) is 5.97. The molecule has 1 aromatic rings. The molecule has 0 bridgehead atoms. The highest BCUT2D eigenvalue weighted by atomic mass is 16.7. The number of aromatic hydroxyl groups is 2. The van der Waals surface area contributed by atoms with Crippen molar-refractivity contribution in [3.63, 3.8) is 0 Å². The van der Waals surface area contributed by atoms with Crippen LogP contribution in [0, 0.1) is 0 Å². The fourth-order valence-electron chi connectivity index (χ4n) is 2.39. The van der Waals surface area contributed by atoms with Gasteiger partial charge in [0, 0.05) is 6.42 Å². The van der Waals surface area contributed by atoms with Crippen LogP contribution < -0.4 is 0 Å². The Balaban J connectivity index is 1.93. The lowest BCUT2D eigenvalue weighted by Gasteiger charge is -2.39. The molecule has 0 amide bonds. The largest absolute Gasteiger partial charge is 0.504 e. The fourth-order valence-corrected chi connectivity index (χ4v) is 2.39. The van der Waals surface area contributed by atoms with E-state index in [1.165, 1.54) is 18.2 Å². The molecule has 0 aliphatic carbocycles. The molecule has 0 unspecified atom stereocenters. The number of ether oxygens (including phenoxy) is 2. The number of carbonyl (C=O) groups excluding carboxylic acids is 1. The minimum absolute atomic E-state index is 0.124. The van der Waals surface area contributed by atoms with E-state index in [1.807, 2.05) is 0 Å². The van der Waals surface area contributed by atoms with Gasteiger partial charge in [-0.1, -0.05) is 6.07 Å². The van der Waals surface area contributed by atoms with Crippen molar-refractivity contribution in [2.24, 2.45) is 0 Å². The van der Waals surface area contributed by atoms with E-state index < -0.39 is 43.3 Å². The van der Waals surface area contributed by atoms with E-state index in [0.717, 1.165) is 0 Å². The van der Waals surface area contributed by atoms with Gasteiger partial charge in [0.1, 0.15) is 18.3 Å². The van der Waals surface area contributed by atoms with Crippen LogP contribution in [-0.2, 0) is 20.7 Å². The summed E-state index contributed by atoms with van der Waals surface area (Å²) in [5.41, 5.74) is 0.573. The van der Waals surface area contributed by atoms with E-state index in [-0.39, 0.29) is 24.3 Å². The lowest BCUT2D eigenvalue weighted by Crippen LogP contribution is -2.59. The maximum absolute atomic E-state index is 11.9. The molecule has 0 saturated carbocycles. The van der Waals surface area contributed by atoms with Crippen LogP contribution in [0.5, 0.6) is 11.5 Å². The SMILES string of the molecule is O=C(CCc1ccc(O)c(O)c1)O[C@@H]1[C@@H](O)[C@@H](O)O[C@H](CO)[C@H]1O. The first-order valence-electron chi connectivity index (χ1n) is 7.34. The highest BCUT2D eigenvalue weighted by Gasteiger charge is 2.45. The van der Waals surface area contributed by atoms with E-state index in [4.69, 9.17) is 14.6 Å². The number of phenolic OH excluding ortho intramolecular Hbond substituents is 2. The summed E-state index contributed by atoms with van der Waals surface area (Å²) in [5.74, 6) is -1.35. The van der Waals surface area contributed by atoms with Gasteiger partial charge < -0.3 is 40.1 Å². The second kappa shape index (κ2) is 7.77. The van der Waals surface area contributed by atoms with Crippen molar-refractivity contribution in [2.75, 3.05) is 6.61 Å². The highest BCUT2D eigenvalue weighted by molar-refractivity contribution is 5.70. The molecule has 1 aromatic carbocycles. The van der Waals surface area contributed by atoms with Gasteiger partial charge >= 0.3 is 5.97 Å². The van der Waals surface area contributed by atoms with Crippen LogP contribution in [0.15, 0.2) is 18.2 Å². The molecule has 134 valence electrons. The van der Waals surface area contributed by atoms with Crippen LogP contribution in [0.1, 0.15) is 12.0 Å². The molecule has 1 fully saturated rings. The number of phenols is 2. The number of benzene rings is 1. The van der Waals surface area contributed by atoms with Gasteiger partial charge in [0.25, 0.3) is 0 Å². The Morgan fingerprint density at radius 2 is 1.83 bits per heavy atom. The van der Waals surface area contributed by atoms with Crippen LogP contribution in [0.3, 0.4) is 0 Å². The molecule has 0 radical (unpaired) electrons. The number of hydrogen-bond donors (Lipinski definition) is 6. The van der Waals surface area contributed by atoms with Gasteiger partial charge in [0.2, 0.25) is 0 Å². The number of aryl methyl sites for hydroxylation is 1. The summed E-state index contributed by atoms with van der Waals surface area (Å²) in [6, 6.07) is 4.10. The second-order valence-corrected chi connectivity index (χ2v) is 5.51. The molecular formula is C15H20O9. The number of hydrogen-bond acceptors (Lipinski definition) is 9. The first-order valence-corrected chi connectivity index (χ1v) is 7.34. The summed E-state index contributed by atoms with van der Waals surface area (Å²) in [7, 11) is 0. The van der Waals surface area contributed by atoms with Gasteiger partial charge in [0.15, 0.2) is 23.9 Å². The van der Waals surface area contributed by atoms with Gasteiger partial charge in [-0.25, -0.2) is 0 Å². The molecular weight excluding hydrogens is 324 g/mol. The Hall–Kier alpha value is -1.91. The summed E-state index contributed by atoms with van der Waals surface area (Å²) in [6.45, 7) is -0.619. The van der Waals surface area contributed by atoms with Crippen molar-refractivity contribution in [1.82, 2.24) is 0 Å². The van der Waals surface area contributed by atoms with E-state index in [9.17, 15) is 30.3 Å². The minimum atomic E-state index is -1.70. The van der Waals surface area contributed by atoms with Crippen LogP contribution >= 0.6 is 0 Å². The van der Waals surface area contributed by atoms with Gasteiger partial charge in [-0.15, -0.1) is 0 Å². The average Bonchev–Trinajstić information content (AvgIpc) is 2.56. The maximum Gasteiger partial charge on any atom is 0.306 e. The monoisotopic (exact) mass is 344 g/mol. The number of aliphatic hydroxyl groups is 4. The third kappa shape index (κ3) is 4.13. The van der Waals surface area contributed by atoms with Crippen molar-refractivity contribution in [2.45, 2.75) is 43.5 Å². The van der Waals surface area contributed by atoms with Crippen LogP contribution in [0.4, 0.5) is 0 Å². The average molecular weight is 344 g/mol. The topological polar surface area (TPSA) is 157 Å². The molecule has 6 N–H and O–H groups in total. The highest BCUT2D eigenvalue weighted by Crippen LogP contribution is 2.26. The van der Waals surface area contributed by atoms with Crippen molar-refractivity contribution >= 4 is 5.97 Å². The summed E-state index contributed by atoms with van der Waals surface area (Å²) >= 11 is 0. The van der Waals surface area contributed by atoms with Crippen molar-refractivity contribution in [3.8, 4) is 11.5 Å². The second-order valence-electron chi connectivity index (χ2n) is 5.51. The fraction of sp³-hybridized carbons (Fsp3) is 0.533. The zero-order valence-corrected chi connectivity index (χ0v) is 12.6. The van der Waals surface area contributed by atoms with Crippen molar-refractivity contribution in [3.05, 3.63) is 23.8 Å². The molecule has 2 rings (SSSR count). The summed E-state index contributed by atoms with van der Waals surface area (Å²) < 4.78 is 9.78. The Morgan fingerprint density at radius 3 is 2.46 bits per heavy atom. The molecule has 24 heavy (non-hydrogen) atoms. The zero-order valence-electron chi connectivity index (χ0n) is 12.6. The number of carbonyl (C=O) groups is 1. The normalized spacial score (nSPS) is 30.1. The lowest BCUT2D eigenvalue weighted by atomic mass is 9.99. The van der Waals surface area contributed by atoms with Gasteiger partial charge in [0.05, 0.1) is 6.61 Å². The van der Waals surface area contributed by atoms with Gasteiger partial charge in [-0.3, -0.25) is 4.79 Å². The zero-order chi connectivity index (χ0) is 17.9. The molecule has 0 spiro atoms. The molecule has 1 heterocycles. The number of aliphatic hydroxyl groups excluding tert-OH is 4. The number of esters is 1. The van der Waals surface area contributed by atoms with Gasteiger partial charge in [-0.2, -0.15) is 0 Å². The molecule has 1 saturated heterocycles. The third-order valence-electron chi connectivity index (χ3n) is 3.77. The molecule has 5 atom stereocenters. The molecule has 9 heteroatoms. The maximum atomic E-state index is 11.9. The predicted octanol–water partition coefficient (Wildman–Crippen LogP) is -1.63. The quantitative estimate of drug-likeness (QED) is 0.273. The standard InChI is InChI=1S/C15H20O9/c16-6-10-12(20)14(13(21)15(22)23-10)24-11(19)4-2-7-1-3-8(17)9(18)5-7/h1,3,5,10,12-18,20-22H,2,4,6H2/t10-,12-,13-,14+,15+/m1/s1. The first-order chi connectivity index (χ1) is 11.3. The lowest BCUT2D eigenvalue weighted by molar-refractivity contribution is -0.289. The predicted molar refractivity (Wildman–Crippen MR) is 78.0 cm³/mol.